The highest BCUT2D eigenvalue weighted by Gasteiger charge is 2.05. The molecule has 0 unspecified atom stereocenters. The Bertz CT molecular complexity index is 778. The van der Waals surface area contributed by atoms with E-state index in [1.807, 2.05) is 6.20 Å². The standard InChI is InChI=1S/C18H20N4/c1-20-18-21-12-15(17(19)22-18)10-5-9-14-8-4-7-13-6-2-3-11-16(13)14/h2-4,6-8,11-12H,5,9-10H2,1H3,(H3,19,20,21,22). The molecule has 0 bridgehead atoms. The first-order chi connectivity index (χ1) is 10.8. The van der Waals surface area contributed by atoms with Crippen molar-refractivity contribution < 1.29 is 0 Å². The van der Waals surface area contributed by atoms with E-state index in [0.29, 0.717) is 11.8 Å². The van der Waals surface area contributed by atoms with Gasteiger partial charge in [0.1, 0.15) is 5.82 Å². The van der Waals surface area contributed by atoms with Gasteiger partial charge in [-0.15, -0.1) is 0 Å². The lowest BCUT2D eigenvalue weighted by Crippen LogP contribution is -2.04. The minimum atomic E-state index is 0.565. The fourth-order valence-electron chi connectivity index (χ4n) is 2.71. The van der Waals surface area contributed by atoms with Crippen molar-refractivity contribution in [1.29, 1.82) is 0 Å². The van der Waals surface area contributed by atoms with Crippen LogP contribution in [0.3, 0.4) is 0 Å². The molecule has 0 fully saturated rings. The van der Waals surface area contributed by atoms with E-state index in [-0.39, 0.29) is 0 Å². The first kappa shape index (κ1) is 14.3. The van der Waals surface area contributed by atoms with Gasteiger partial charge < -0.3 is 11.1 Å². The molecule has 4 heteroatoms. The average molecular weight is 292 g/mol. The quantitative estimate of drug-likeness (QED) is 0.756. The summed E-state index contributed by atoms with van der Waals surface area (Å²) in [6, 6.07) is 15.0. The molecular formula is C18H20N4. The molecule has 3 aromatic rings. The van der Waals surface area contributed by atoms with Crippen LogP contribution in [0.2, 0.25) is 0 Å². The van der Waals surface area contributed by atoms with Gasteiger partial charge in [-0.25, -0.2) is 4.98 Å². The Morgan fingerprint density at radius 2 is 1.77 bits per heavy atom. The number of hydrogen-bond acceptors (Lipinski definition) is 4. The fraction of sp³-hybridized carbons (Fsp3) is 0.222. The number of aryl methyl sites for hydroxylation is 2. The number of aromatic nitrogens is 2. The topological polar surface area (TPSA) is 63.8 Å². The summed E-state index contributed by atoms with van der Waals surface area (Å²) in [5.74, 6) is 1.13. The van der Waals surface area contributed by atoms with Crippen LogP contribution in [-0.2, 0) is 12.8 Å². The highest BCUT2D eigenvalue weighted by Crippen LogP contribution is 2.21. The molecule has 0 aliphatic heterocycles. The van der Waals surface area contributed by atoms with Crippen molar-refractivity contribution in [3.63, 3.8) is 0 Å². The minimum absolute atomic E-state index is 0.565. The lowest BCUT2D eigenvalue weighted by atomic mass is 9.99. The second kappa shape index (κ2) is 6.43. The molecule has 112 valence electrons. The van der Waals surface area contributed by atoms with E-state index in [1.54, 1.807) is 7.05 Å². The third-order valence-corrected chi connectivity index (χ3v) is 3.89. The molecule has 3 rings (SSSR count). The van der Waals surface area contributed by atoms with Crippen LogP contribution in [0.25, 0.3) is 10.8 Å². The maximum atomic E-state index is 5.98. The first-order valence-corrected chi connectivity index (χ1v) is 7.53. The van der Waals surface area contributed by atoms with Crippen LogP contribution in [0.15, 0.2) is 48.7 Å². The minimum Gasteiger partial charge on any atom is -0.383 e. The van der Waals surface area contributed by atoms with Gasteiger partial charge in [0.2, 0.25) is 5.95 Å². The number of nitrogen functional groups attached to an aromatic ring is 1. The van der Waals surface area contributed by atoms with Crippen molar-refractivity contribution in [2.75, 3.05) is 18.1 Å². The lowest BCUT2D eigenvalue weighted by molar-refractivity contribution is 0.819. The van der Waals surface area contributed by atoms with Gasteiger partial charge >= 0.3 is 0 Å². The van der Waals surface area contributed by atoms with Crippen LogP contribution in [0.1, 0.15) is 17.5 Å². The van der Waals surface area contributed by atoms with Crippen LogP contribution in [0.4, 0.5) is 11.8 Å². The summed E-state index contributed by atoms with van der Waals surface area (Å²) in [4.78, 5) is 8.45. The number of nitrogens with one attached hydrogen (secondary N) is 1. The fourth-order valence-corrected chi connectivity index (χ4v) is 2.71. The molecule has 2 aromatic carbocycles. The van der Waals surface area contributed by atoms with Crippen LogP contribution in [0, 0.1) is 0 Å². The molecule has 1 heterocycles. The molecule has 0 spiro atoms. The van der Waals surface area contributed by atoms with E-state index >= 15 is 0 Å². The van der Waals surface area contributed by atoms with E-state index in [9.17, 15) is 0 Å². The highest BCUT2D eigenvalue weighted by atomic mass is 15.1. The smallest absolute Gasteiger partial charge is 0.224 e. The monoisotopic (exact) mass is 292 g/mol. The van der Waals surface area contributed by atoms with Gasteiger partial charge in [-0.05, 0) is 35.6 Å². The second-order valence-electron chi connectivity index (χ2n) is 5.35. The molecule has 0 aliphatic rings. The summed E-state index contributed by atoms with van der Waals surface area (Å²) >= 11 is 0. The molecule has 22 heavy (non-hydrogen) atoms. The Morgan fingerprint density at radius 1 is 1.00 bits per heavy atom. The Labute approximate surface area is 130 Å². The predicted octanol–water partition coefficient (Wildman–Crippen LogP) is 3.43. The summed E-state index contributed by atoms with van der Waals surface area (Å²) in [6.45, 7) is 0. The summed E-state index contributed by atoms with van der Waals surface area (Å²) in [5.41, 5.74) is 8.37. The molecule has 0 amide bonds. The van der Waals surface area contributed by atoms with Crippen molar-refractivity contribution in [3.05, 3.63) is 59.8 Å². The van der Waals surface area contributed by atoms with Crippen molar-refractivity contribution in [3.8, 4) is 0 Å². The number of fused-ring (bicyclic) bond motifs is 1. The average Bonchev–Trinajstić information content (AvgIpc) is 2.56. The van der Waals surface area contributed by atoms with E-state index < -0.39 is 0 Å². The molecule has 0 saturated heterocycles. The molecule has 0 saturated carbocycles. The first-order valence-electron chi connectivity index (χ1n) is 7.53. The maximum Gasteiger partial charge on any atom is 0.224 e. The molecule has 0 radical (unpaired) electrons. The van der Waals surface area contributed by atoms with Gasteiger partial charge in [0, 0.05) is 18.8 Å². The zero-order chi connectivity index (χ0) is 15.4. The van der Waals surface area contributed by atoms with E-state index in [2.05, 4.69) is 57.7 Å². The molecular weight excluding hydrogens is 272 g/mol. The zero-order valence-electron chi connectivity index (χ0n) is 12.7. The van der Waals surface area contributed by atoms with Crippen LogP contribution < -0.4 is 11.1 Å². The van der Waals surface area contributed by atoms with Crippen LogP contribution in [-0.4, -0.2) is 17.0 Å². The van der Waals surface area contributed by atoms with Crippen LogP contribution >= 0.6 is 0 Å². The lowest BCUT2D eigenvalue weighted by Gasteiger charge is -2.08. The van der Waals surface area contributed by atoms with Gasteiger partial charge in [0.05, 0.1) is 0 Å². The van der Waals surface area contributed by atoms with Crippen molar-refractivity contribution >= 4 is 22.5 Å². The third kappa shape index (κ3) is 3.01. The largest absolute Gasteiger partial charge is 0.383 e. The van der Waals surface area contributed by atoms with Gasteiger partial charge in [-0.2, -0.15) is 4.98 Å². The summed E-state index contributed by atoms with van der Waals surface area (Å²) in [6.07, 6.45) is 4.76. The Hall–Kier alpha value is -2.62. The van der Waals surface area contributed by atoms with Crippen molar-refractivity contribution in [2.45, 2.75) is 19.3 Å². The maximum absolute atomic E-state index is 5.98. The molecule has 0 atom stereocenters. The number of anilines is 2. The Balaban J connectivity index is 1.70. The second-order valence-corrected chi connectivity index (χ2v) is 5.35. The number of benzene rings is 2. The third-order valence-electron chi connectivity index (χ3n) is 3.89. The Morgan fingerprint density at radius 3 is 2.59 bits per heavy atom. The summed E-state index contributed by atoms with van der Waals surface area (Å²) < 4.78 is 0. The van der Waals surface area contributed by atoms with E-state index in [0.717, 1.165) is 24.8 Å². The number of nitrogens with zero attached hydrogens (tertiary/aromatic N) is 2. The van der Waals surface area contributed by atoms with Crippen molar-refractivity contribution in [1.82, 2.24) is 9.97 Å². The molecule has 0 aliphatic carbocycles. The zero-order valence-corrected chi connectivity index (χ0v) is 12.7. The highest BCUT2D eigenvalue weighted by molar-refractivity contribution is 5.85. The normalized spacial score (nSPS) is 10.8. The summed E-state index contributed by atoms with van der Waals surface area (Å²) in [5, 5.41) is 5.52. The number of nitrogens with two attached hydrogens (primary N) is 1. The van der Waals surface area contributed by atoms with Crippen LogP contribution in [0.5, 0.6) is 0 Å². The van der Waals surface area contributed by atoms with E-state index in [4.69, 9.17) is 5.73 Å². The molecule has 3 N–H and O–H groups in total. The van der Waals surface area contributed by atoms with Crippen molar-refractivity contribution in [2.24, 2.45) is 0 Å². The van der Waals surface area contributed by atoms with Gasteiger partial charge in [0.15, 0.2) is 0 Å². The number of hydrogen-bond donors (Lipinski definition) is 2. The number of rotatable bonds is 5. The van der Waals surface area contributed by atoms with Gasteiger partial charge in [0.25, 0.3) is 0 Å². The van der Waals surface area contributed by atoms with Gasteiger partial charge in [-0.1, -0.05) is 42.5 Å². The predicted molar refractivity (Wildman–Crippen MR) is 92.0 cm³/mol. The van der Waals surface area contributed by atoms with E-state index in [1.165, 1.54) is 16.3 Å². The van der Waals surface area contributed by atoms with Gasteiger partial charge in [-0.3, -0.25) is 0 Å². The molecule has 4 nitrogen and oxygen atoms in total. The summed E-state index contributed by atoms with van der Waals surface area (Å²) in [7, 11) is 1.79. The SMILES string of the molecule is CNc1ncc(CCCc2cccc3ccccc23)c(N)n1. The Kier molecular flexibility index (Phi) is 4.19. The molecule has 1 aromatic heterocycles.